The van der Waals surface area contributed by atoms with Crippen molar-refractivity contribution in [1.82, 2.24) is 0 Å². The summed E-state index contributed by atoms with van der Waals surface area (Å²) in [6, 6.07) is 7.97. The number of ether oxygens (including phenoxy) is 1. The van der Waals surface area contributed by atoms with Crippen LogP contribution in [0.3, 0.4) is 0 Å². The third kappa shape index (κ3) is 2.49. The topological polar surface area (TPSA) is 61.3 Å². The van der Waals surface area contributed by atoms with Crippen LogP contribution in [0.25, 0.3) is 0 Å². The zero-order chi connectivity index (χ0) is 10.7. The highest BCUT2D eigenvalue weighted by molar-refractivity contribution is 5.41. The molecule has 3 nitrogen and oxygen atoms in total. The van der Waals surface area contributed by atoms with Crippen LogP contribution in [0.1, 0.15) is 24.4 Å². The summed E-state index contributed by atoms with van der Waals surface area (Å²) in [6.07, 6.45) is 2.10. The first-order valence-electron chi connectivity index (χ1n) is 5.46. The van der Waals surface area contributed by atoms with Crippen LogP contribution in [0.4, 0.5) is 5.69 Å². The Morgan fingerprint density at radius 3 is 2.67 bits per heavy atom. The third-order valence-electron chi connectivity index (χ3n) is 3.07. The van der Waals surface area contributed by atoms with Gasteiger partial charge in [0.05, 0.1) is 0 Å². The lowest BCUT2D eigenvalue weighted by atomic mass is 9.88. The Morgan fingerprint density at radius 1 is 1.27 bits per heavy atom. The third-order valence-corrected chi connectivity index (χ3v) is 3.07. The Hall–Kier alpha value is -1.06. The van der Waals surface area contributed by atoms with Crippen molar-refractivity contribution in [2.45, 2.75) is 18.9 Å². The van der Waals surface area contributed by atoms with Crippen molar-refractivity contribution >= 4 is 5.69 Å². The predicted octanol–water partition coefficient (Wildman–Crippen LogP) is 1.70. The maximum absolute atomic E-state index is 6.23. The number of hydrogen-bond donors (Lipinski definition) is 2. The minimum Gasteiger partial charge on any atom is -0.399 e. The second-order valence-corrected chi connectivity index (χ2v) is 4.15. The van der Waals surface area contributed by atoms with E-state index in [2.05, 4.69) is 6.07 Å². The second kappa shape index (κ2) is 4.64. The highest BCUT2D eigenvalue weighted by Crippen LogP contribution is 2.28. The van der Waals surface area contributed by atoms with Gasteiger partial charge in [-0.15, -0.1) is 0 Å². The minimum absolute atomic E-state index is 0.0948. The summed E-state index contributed by atoms with van der Waals surface area (Å²) in [6.45, 7) is 1.67. The molecule has 4 N–H and O–H groups in total. The van der Waals surface area contributed by atoms with E-state index in [1.54, 1.807) is 0 Å². The van der Waals surface area contributed by atoms with Crippen molar-refractivity contribution in [2.24, 2.45) is 11.7 Å². The first-order valence-corrected chi connectivity index (χ1v) is 5.46. The molecule has 1 saturated heterocycles. The molecular formula is C12H18N2O. The summed E-state index contributed by atoms with van der Waals surface area (Å²) < 4.78 is 5.33. The average molecular weight is 206 g/mol. The molecule has 1 aromatic rings. The van der Waals surface area contributed by atoms with Crippen molar-refractivity contribution in [3.8, 4) is 0 Å². The molecule has 15 heavy (non-hydrogen) atoms. The molecule has 3 heteroatoms. The fraction of sp³-hybridized carbons (Fsp3) is 0.500. The molecule has 0 amide bonds. The Bertz CT molecular complexity index is 321. The van der Waals surface area contributed by atoms with Crippen LogP contribution >= 0.6 is 0 Å². The SMILES string of the molecule is Nc1cccc(C(N)C2CCOCC2)c1. The highest BCUT2D eigenvalue weighted by atomic mass is 16.5. The van der Waals surface area contributed by atoms with E-state index in [1.807, 2.05) is 18.2 Å². The van der Waals surface area contributed by atoms with Crippen LogP contribution in [0, 0.1) is 5.92 Å². The van der Waals surface area contributed by atoms with Gasteiger partial charge in [-0.2, -0.15) is 0 Å². The molecule has 1 heterocycles. The van der Waals surface area contributed by atoms with Crippen LogP contribution < -0.4 is 11.5 Å². The lowest BCUT2D eigenvalue weighted by molar-refractivity contribution is 0.0584. The van der Waals surface area contributed by atoms with Crippen LogP contribution in [0.2, 0.25) is 0 Å². The average Bonchev–Trinajstić information content (AvgIpc) is 2.29. The largest absolute Gasteiger partial charge is 0.399 e. The van der Waals surface area contributed by atoms with Crippen molar-refractivity contribution in [2.75, 3.05) is 18.9 Å². The number of anilines is 1. The molecule has 0 bridgehead atoms. The summed E-state index contributed by atoms with van der Waals surface area (Å²) in [7, 11) is 0. The van der Waals surface area contributed by atoms with E-state index in [0.29, 0.717) is 5.92 Å². The summed E-state index contributed by atoms with van der Waals surface area (Å²) >= 11 is 0. The Morgan fingerprint density at radius 2 is 2.00 bits per heavy atom. The van der Waals surface area contributed by atoms with Crippen molar-refractivity contribution < 1.29 is 4.74 Å². The molecule has 0 radical (unpaired) electrons. The standard InChI is InChI=1S/C12H18N2O/c13-11-3-1-2-10(8-11)12(14)9-4-6-15-7-5-9/h1-3,8-9,12H,4-7,13-14H2. The van der Waals surface area contributed by atoms with Gasteiger partial charge in [-0.1, -0.05) is 12.1 Å². The van der Waals surface area contributed by atoms with E-state index in [-0.39, 0.29) is 6.04 Å². The normalized spacial score (nSPS) is 20.1. The first kappa shape index (κ1) is 10.5. The molecule has 1 unspecified atom stereocenters. The quantitative estimate of drug-likeness (QED) is 0.724. The molecule has 0 saturated carbocycles. The van der Waals surface area contributed by atoms with Gasteiger partial charge in [0.2, 0.25) is 0 Å². The van der Waals surface area contributed by atoms with E-state index in [9.17, 15) is 0 Å². The predicted molar refractivity (Wildman–Crippen MR) is 61.3 cm³/mol. The smallest absolute Gasteiger partial charge is 0.0469 e. The number of nitrogen functional groups attached to an aromatic ring is 1. The zero-order valence-electron chi connectivity index (χ0n) is 8.86. The number of rotatable bonds is 2. The van der Waals surface area contributed by atoms with Gasteiger partial charge in [0.25, 0.3) is 0 Å². The van der Waals surface area contributed by atoms with Gasteiger partial charge in [0.15, 0.2) is 0 Å². The Labute approximate surface area is 90.4 Å². The molecule has 1 aliphatic rings. The fourth-order valence-corrected chi connectivity index (χ4v) is 2.11. The van der Waals surface area contributed by atoms with E-state index >= 15 is 0 Å². The maximum Gasteiger partial charge on any atom is 0.0469 e. The second-order valence-electron chi connectivity index (χ2n) is 4.15. The van der Waals surface area contributed by atoms with E-state index in [0.717, 1.165) is 37.3 Å². The van der Waals surface area contributed by atoms with Crippen molar-refractivity contribution in [3.63, 3.8) is 0 Å². The summed E-state index contributed by atoms with van der Waals surface area (Å²) in [5, 5.41) is 0. The van der Waals surface area contributed by atoms with Crippen LogP contribution in [0.15, 0.2) is 24.3 Å². The van der Waals surface area contributed by atoms with E-state index < -0.39 is 0 Å². The fourth-order valence-electron chi connectivity index (χ4n) is 2.11. The number of hydrogen-bond acceptors (Lipinski definition) is 3. The zero-order valence-corrected chi connectivity index (χ0v) is 8.86. The molecule has 1 aliphatic heterocycles. The Balaban J connectivity index is 2.08. The lowest BCUT2D eigenvalue weighted by Crippen LogP contribution is -2.27. The highest BCUT2D eigenvalue weighted by Gasteiger charge is 2.22. The molecule has 0 spiro atoms. The first-order chi connectivity index (χ1) is 7.27. The van der Waals surface area contributed by atoms with E-state index in [4.69, 9.17) is 16.2 Å². The van der Waals surface area contributed by atoms with Crippen LogP contribution in [0.5, 0.6) is 0 Å². The number of nitrogens with two attached hydrogens (primary N) is 2. The van der Waals surface area contributed by atoms with Gasteiger partial charge < -0.3 is 16.2 Å². The molecule has 1 fully saturated rings. The van der Waals surface area contributed by atoms with Gasteiger partial charge in [-0.25, -0.2) is 0 Å². The molecule has 0 aromatic heterocycles. The molecule has 82 valence electrons. The molecular weight excluding hydrogens is 188 g/mol. The van der Waals surface area contributed by atoms with Gasteiger partial charge in [-0.05, 0) is 36.5 Å². The monoisotopic (exact) mass is 206 g/mol. The molecule has 1 atom stereocenters. The Kier molecular flexibility index (Phi) is 3.23. The minimum atomic E-state index is 0.0948. The van der Waals surface area contributed by atoms with Crippen LogP contribution in [-0.2, 0) is 4.74 Å². The van der Waals surface area contributed by atoms with Crippen molar-refractivity contribution in [1.29, 1.82) is 0 Å². The molecule has 2 rings (SSSR count). The molecule has 1 aromatic carbocycles. The van der Waals surface area contributed by atoms with E-state index in [1.165, 1.54) is 0 Å². The van der Waals surface area contributed by atoms with Gasteiger partial charge in [0, 0.05) is 24.9 Å². The number of benzene rings is 1. The summed E-state index contributed by atoms with van der Waals surface area (Å²) in [5.74, 6) is 0.528. The van der Waals surface area contributed by atoms with Gasteiger partial charge in [-0.3, -0.25) is 0 Å². The molecule has 0 aliphatic carbocycles. The van der Waals surface area contributed by atoms with Gasteiger partial charge >= 0.3 is 0 Å². The van der Waals surface area contributed by atoms with Crippen molar-refractivity contribution in [3.05, 3.63) is 29.8 Å². The lowest BCUT2D eigenvalue weighted by Gasteiger charge is -2.27. The van der Waals surface area contributed by atoms with Gasteiger partial charge in [0.1, 0.15) is 0 Å². The van der Waals surface area contributed by atoms with Crippen LogP contribution in [-0.4, -0.2) is 13.2 Å². The summed E-state index contributed by atoms with van der Waals surface area (Å²) in [5.41, 5.74) is 13.9. The maximum atomic E-state index is 6.23. The summed E-state index contributed by atoms with van der Waals surface area (Å²) in [4.78, 5) is 0.